The van der Waals surface area contributed by atoms with Crippen LogP contribution in [0.25, 0.3) is 0 Å². The topological polar surface area (TPSA) is 21.3 Å². The highest BCUT2D eigenvalue weighted by Gasteiger charge is 2.37. The van der Waals surface area contributed by atoms with E-state index in [1.165, 1.54) is 55.2 Å². The second-order valence-electron chi connectivity index (χ2n) is 6.68. The van der Waals surface area contributed by atoms with Crippen molar-refractivity contribution in [1.29, 1.82) is 0 Å². The maximum Gasteiger partial charge on any atom is 0.0957 e. The van der Waals surface area contributed by atoms with Gasteiger partial charge >= 0.3 is 0 Å². The second kappa shape index (κ2) is 5.87. The van der Waals surface area contributed by atoms with E-state index >= 15 is 0 Å². The Morgan fingerprint density at radius 3 is 2.50 bits per heavy atom. The smallest absolute Gasteiger partial charge is 0.0957 e. The van der Waals surface area contributed by atoms with Gasteiger partial charge < -0.3 is 10.1 Å². The fourth-order valence-electron chi connectivity index (χ4n) is 3.63. The van der Waals surface area contributed by atoms with Crippen molar-refractivity contribution in [2.24, 2.45) is 0 Å². The minimum Gasteiger partial charge on any atom is -0.364 e. The maximum atomic E-state index is 6.61. The van der Waals surface area contributed by atoms with Crippen LogP contribution in [-0.2, 0) is 4.74 Å². The molecular formula is C18H27NO. The minimum atomic E-state index is 0.0954. The molecule has 0 bridgehead atoms. The van der Waals surface area contributed by atoms with Gasteiger partial charge in [0.1, 0.15) is 0 Å². The van der Waals surface area contributed by atoms with Gasteiger partial charge in [0.05, 0.1) is 11.7 Å². The number of ether oxygens (including phenoxy) is 1. The molecule has 2 aliphatic rings. The van der Waals surface area contributed by atoms with Crippen molar-refractivity contribution in [2.45, 2.75) is 64.1 Å². The average molecular weight is 273 g/mol. The summed E-state index contributed by atoms with van der Waals surface area (Å²) in [7, 11) is 0. The third-order valence-corrected chi connectivity index (χ3v) is 5.09. The van der Waals surface area contributed by atoms with Gasteiger partial charge in [-0.1, -0.05) is 43.9 Å². The van der Waals surface area contributed by atoms with E-state index in [0.29, 0.717) is 0 Å². The van der Waals surface area contributed by atoms with Crippen molar-refractivity contribution in [3.63, 3.8) is 0 Å². The molecule has 1 aliphatic carbocycles. The van der Waals surface area contributed by atoms with E-state index in [1.54, 1.807) is 0 Å². The van der Waals surface area contributed by atoms with E-state index < -0.39 is 0 Å². The van der Waals surface area contributed by atoms with Crippen LogP contribution in [0, 0.1) is 13.8 Å². The SMILES string of the molecule is Cc1ccc(C2CNCC3(CCCCCC3)O2)cc1C. The third-order valence-electron chi connectivity index (χ3n) is 5.09. The summed E-state index contributed by atoms with van der Waals surface area (Å²) in [6.07, 6.45) is 8.06. The average Bonchev–Trinajstić information content (AvgIpc) is 2.68. The fraction of sp³-hybridized carbons (Fsp3) is 0.667. The van der Waals surface area contributed by atoms with Gasteiger partial charge in [0, 0.05) is 13.1 Å². The predicted molar refractivity (Wildman–Crippen MR) is 83.0 cm³/mol. The zero-order valence-corrected chi connectivity index (χ0v) is 12.9. The third kappa shape index (κ3) is 2.91. The quantitative estimate of drug-likeness (QED) is 0.833. The van der Waals surface area contributed by atoms with Crippen molar-refractivity contribution < 1.29 is 4.74 Å². The summed E-state index contributed by atoms with van der Waals surface area (Å²) in [6.45, 7) is 6.35. The van der Waals surface area contributed by atoms with Crippen LogP contribution >= 0.6 is 0 Å². The van der Waals surface area contributed by atoms with Gasteiger partial charge in [0.25, 0.3) is 0 Å². The number of nitrogens with one attached hydrogen (secondary N) is 1. The van der Waals surface area contributed by atoms with E-state index in [9.17, 15) is 0 Å². The summed E-state index contributed by atoms with van der Waals surface area (Å²) in [6, 6.07) is 6.77. The molecular weight excluding hydrogens is 246 g/mol. The van der Waals surface area contributed by atoms with Gasteiger partial charge in [0.2, 0.25) is 0 Å². The maximum absolute atomic E-state index is 6.61. The Bertz CT molecular complexity index is 460. The minimum absolute atomic E-state index is 0.0954. The van der Waals surface area contributed by atoms with Crippen LogP contribution in [0.5, 0.6) is 0 Å². The van der Waals surface area contributed by atoms with E-state index in [1.807, 2.05) is 0 Å². The Hall–Kier alpha value is -0.860. The molecule has 0 amide bonds. The van der Waals surface area contributed by atoms with Crippen LogP contribution in [0.3, 0.4) is 0 Å². The Balaban J connectivity index is 1.78. The number of morpholine rings is 1. The zero-order valence-electron chi connectivity index (χ0n) is 12.9. The van der Waals surface area contributed by atoms with Gasteiger partial charge in [-0.05, 0) is 43.4 Å². The van der Waals surface area contributed by atoms with Crippen molar-refractivity contribution in [1.82, 2.24) is 5.32 Å². The number of aryl methyl sites for hydroxylation is 2. The molecule has 1 aromatic carbocycles. The van der Waals surface area contributed by atoms with Crippen LogP contribution in [0.2, 0.25) is 0 Å². The molecule has 2 heteroatoms. The lowest BCUT2D eigenvalue weighted by Gasteiger charge is -2.42. The van der Waals surface area contributed by atoms with E-state index in [0.717, 1.165) is 13.1 Å². The molecule has 2 fully saturated rings. The van der Waals surface area contributed by atoms with Crippen LogP contribution in [0.4, 0.5) is 0 Å². The molecule has 1 spiro atoms. The molecule has 1 heterocycles. The van der Waals surface area contributed by atoms with Crippen LogP contribution in [0.15, 0.2) is 18.2 Å². The molecule has 1 aromatic rings. The van der Waals surface area contributed by atoms with Gasteiger partial charge in [0.15, 0.2) is 0 Å². The molecule has 2 nitrogen and oxygen atoms in total. The van der Waals surface area contributed by atoms with E-state index in [4.69, 9.17) is 4.74 Å². The van der Waals surface area contributed by atoms with Gasteiger partial charge in [-0.25, -0.2) is 0 Å². The van der Waals surface area contributed by atoms with Crippen LogP contribution in [0.1, 0.15) is 61.3 Å². The summed E-state index contributed by atoms with van der Waals surface area (Å²) >= 11 is 0. The molecule has 1 atom stereocenters. The lowest BCUT2D eigenvalue weighted by Crippen LogP contribution is -2.50. The highest BCUT2D eigenvalue weighted by molar-refractivity contribution is 5.31. The van der Waals surface area contributed by atoms with Gasteiger partial charge in [-0.15, -0.1) is 0 Å². The predicted octanol–water partition coefficient (Wildman–Crippen LogP) is 4.06. The first-order valence-electron chi connectivity index (χ1n) is 8.14. The van der Waals surface area contributed by atoms with Gasteiger partial charge in [-0.3, -0.25) is 0 Å². The molecule has 3 rings (SSSR count). The van der Waals surface area contributed by atoms with Crippen molar-refractivity contribution >= 4 is 0 Å². The number of benzene rings is 1. The monoisotopic (exact) mass is 273 g/mol. The highest BCUT2D eigenvalue weighted by Crippen LogP contribution is 2.37. The zero-order chi connectivity index (χ0) is 14.0. The van der Waals surface area contributed by atoms with Crippen LogP contribution < -0.4 is 5.32 Å². The highest BCUT2D eigenvalue weighted by atomic mass is 16.5. The van der Waals surface area contributed by atoms with E-state index in [-0.39, 0.29) is 11.7 Å². The van der Waals surface area contributed by atoms with Crippen molar-refractivity contribution in [2.75, 3.05) is 13.1 Å². The largest absolute Gasteiger partial charge is 0.364 e. The lowest BCUT2D eigenvalue weighted by atomic mass is 9.91. The lowest BCUT2D eigenvalue weighted by molar-refractivity contribution is -0.126. The van der Waals surface area contributed by atoms with Crippen molar-refractivity contribution in [3.8, 4) is 0 Å². The molecule has 1 saturated carbocycles. The molecule has 1 aliphatic heterocycles. The van der Waals surface area contributed by atoms with Crippen molar-refractivity contribution in [3.05, 3.63) is 34.9 Å². The first kappa shape index (κ1) is 14.1. The standard InChI is InChI=1S/C18H27NO/c1-14-7-8-16(11-15(14)2)17-12-19-13-18(20-17)9-5-3-4-6-10-18/h7-8,11,17,19H,3-6,9-10,12-13H2,1-2H3. The summed E-state index contributed by atoms with van der Waals surface area (Å²) in [5.74, 6) is 0. The summed E-state index contributed by atoms with van der Waals surface area (Å²) in [5, 5.41) is 3.63. The molecule has 1 saturated heterocycles. The normalized spacial score (nSPS) is 26.4. The summed E-state index contributed by atoms with van der Waals surface area (Å²) in [4.78, 5) is 0. The second-order valence-corrected chi connectivity index (χ2v) is 6.68. The molecule has 1 unspecified atom stereocenters. The number of hydrogen-bond donors (Lipinski definition) is 1. The molecule has 1 N–H and O–H groups in total. The fourth-order valence-corrected chi connectivity index (χ4v) is 3.63. The summed E-state index contributed by atoms with van der Waals surface area (Å²) < 4.78 is 6.61. The number of rotatable bonds is 1. The Labute approximate surface area is 122 Å². The Kier molecular flexibility index (Phi) is 4.13. The van der Waals surface area contributed by atoms with E-state index in [2.05, 4.69) is 37.4 Å². The van der Waals surface area contributed by atoms with Gasteiger partial charge in [-0.2, -0.15) is 0 Å². The molecule has 20 heavy (non-hydrogen) atoms. The molecule has 0 aromatic heterocycles. The Morgan fingerprint density at radius 1 is 1.05 bits per heavy atom. The molecule has 110 valence electrons. The summed E-state index contributed by atoms with van der Waals surface area (Å²) in [5.41, 5.74) is 4.16. The number of hydrogen-bond acceptors (Lipinski definition) is 2. The van der Waals surface area contributed by atoms with Crippen LogP contribution in [-0.4, -0.2) is 18.7 Å². The molecule has 0 radical (unpaired) electrons. The first-order chi connectivity index (χ1) is 9.69. The Morgan fingerprint density at radius 2 is 1.80 bits per heavy atom. The first-order valence-corrected chi connectivity index (χ1v) is 8.14.